The van der Waals surface area contributed by atoms with Gasteiger partial charge in [0.2, 0.25) is 0 Å². The molecule has 0 saturated carbocycles. The van der Waals surface area contributed by atoms with E-state index in [0.717, 1.165) is 0 Å². The number of hydrogen-bond donors (Lipinski definition) is 1. The van der Waals surface area contributed by atoms with E-state index in [1.807, 2.05) is 0 Å². The summed E-state index contributed by atoms with van der Waals surface area (Å²) in [5.74, 6) is -0.216. The third-order valence-electron chi connectivity index (χ3n) is 2.40. The molecule has 2 aromatic rings. The van der Waals surface area contributed by atoms with E-state index in [9.17, 15) is 10.1 Å². The van der Waals surface area contributed by atoms with Gasteiger partial charge in [-0.3, -0.25) is 4.68 Å². The average molecular weight is 263 g/mol. The number of aromatic nitrogens is 3. The molecule has 0 fully saturated rings. The number of nitro groups is 1. The Bertz CT molecular complexity index is 569. The first-order valence-corrected chi connectivity index (χ1v) is 5.58. The molecule has 2 heterocycles. The molecule has 0 aromatic carbocycles. The summed E-state index contributed by atoms with van der Waals surface area (Å²) in [7, 11) is 1.61. The van der Waals surface area contributed by atoms with Gasteiger partial charge in [-0.1, -0.05) is 0 Å². The predicted octanol–water partition coefficient (Wildman–Crippen LogP) is 1.58. The van der Waals surface area contributed by atoms with Gasteiger partial charge >= 0.3 is 5.82 Å². The highest BCUT2D eigenvalue weighted by atomic mass is 16.6. The first kappa shape index (κ1) is 13.0. The van der Waals surface area contributed by atoms with E-state index >= 15 is 0 Å². The largest absolute Gasteiger partial charge is 0.387 e. The van der Waals surface area contributed by atoms with Crippen molar-refractivity contribution in [3.63, 3.8) is 0 Å². The summed E-state index contributed by atoms with van der Waals surface area (Å²) in [6.45, 7) is 1.17. The fourth-order valence-corrected chi connectivity index (χ4v) is 1.53. The maximum Gasteiger partial charge on any atom is 0.387 e. The number of hydrogen-bond acceptors (Lipinski definition) is 6. The molecule has 8 heteroatoms. The van der Waals surface area contributed by atoms with E-state index < -0.39 is 4.92 Å². The molecule has 0 unspecified atom stereocenters. The minimum atomic E-state index is -0.530. The Kier molecular flexibility index (Phi) is 4.04. The molecule has 2 rings (SSSR count). The SMILES string of the molecule is COCCn1cc(Nc2cccnc2[N+](=O)[O-])cn1. The second kappa shape index (κ2) is 5.91. The fraction of sp³-hybridized carbons (Fsp3) is 0.273. The number of pyridine rings is 1. The second-order valence-electron chi connectivity index (χ2n) is 3.74. The van der Waals surface area contributed by atoms with Crippen LogP contribution < -0.4 is 5.32 Å². The first-order chi connectivity index (χ1) is 9.20. The fourth-order valence-electron chi connectivity index (χ4n) is 1.53. The van der Waals surface area contributed by atoms with Crippen LogP contribution in [0.5, 0.6) is 0 Å². The molecular weight excluding hydrogens is 250 g/mol. The molecule has 0 spiro atoms. The molecule has 19 heavy (non-hydrogen) atoms. The van der Waals surface area contributed by atoms with Gasteiger partial charge in [0, 0.05) is 13.3 Å². The van der Waals surface area contributed by atoms with Crippen molar-refractivity contribution in [3.05, 3.63) is 40.8 Å². The van der Waals surface area contributed by atoms with E-state index in [-0.39, 0.29) is 5.82 Å². The third-order valence-corrected chi connectivity index (χ3v) is 2.40. The normalized spacial score (nSPS) is 10.4. The number of anilines is 2. The second-order valence-corrected chi connectivity index (χ2v) is 3.74. The van der Waals surface area contributed by atoms with E-state index in [4.69, 9.17) is 4.74 Å². The summed E-state index contributed by atoms with van der Waals surface area (Å²) in [5.41, 5.74) is 0.992. The van der Waals surface area contributed by atoms with Crippen LogP contribution in [0.15, 0.2) is 30.7 Å². The van der Waals surface area contributed by atoms with Gasteiger partial charge in [-0.05, 0) is 22.0 Å². The molecule has 0 aliphatic heterocycles. The molecular formula is C11H13N5O3. The molecule has 0 atom stereocenters. The monoisotopic (exact) mass is 263 g/mol. The lowest BCUT2D eigenvalue weighted by Crippen LogP contribution is -2.04. The molecule has 0 aliphatic carbocycles. The van der Waals surface area contributed by atoms with Crippen LogP contribution in [-0.2, 0) is 11.3 Å². The van der Waals surface area contributed by atoms with Crippen molar-refractivity contribution in [2.45, 2.75) is 6.54 Å². The minimum absolute atomic E-state index is 0.216. The van der Waals surface area contributed by atoms with Crippen LogP contribution in [0, 0.1) is 10.1 Å². The Balaban J connectivity index is 2.13. The van der Waals surface area contributed by atoms with Crippen molar-refractivity contribution in [2.24, 2.45) is 0 Å². The van der Waals surface area contributed by atoms with Crippen molar-refractivity contribution in [1.29, 1.82) is 0 Å². The van der Waals surface area contributed by atoms with Crippen molar-refractivity contribution in [3.8, 4) is 0 Å². The van der Waals surface area contributed by atoms with Crippen LogP contribution in [0.2, 0.25) is 0 Å². The lowest BCUT2D eigenvalue weighted by Gasteiger charge is -2.03. The lowest BCUT2D eigenvalue weighted by atomic mass is 10.3. The summed E-state index contributed by atoms with van der Waals surface area (Å²) in [4.78, 5) is 14.0. The summed E-state index contributed by atoms with van der Waals surface area (Å²) >= 11 is 0. The van der Waals surface area contributed by atoms with Gasteiger partial charge in [0.05, 0.1) is 25.0 Å². The van der Waals surface area contributed by atoms with Crippen LogP contribution in [0.25, 0.3) is 0 Å². The Labute approximate surface area is 109 Å². The molecule has 0 bridgehead atoms. The summed E-state index contributed by atoms with van der Waals surface area (Å²) in [5, 5.41) is 17.9. The van der Waals surface area contributed by atoms with Gasteiger partial charge in [-0.25, -0.2) is 0 Å². The molecule has 0 amide bonds. The molecule has 1 N–H and O–H groups in total. The molecule has 8 nitrogen and oxygen atoms in total. The van der Waals surface area contributed by atoms with Crippen LogP contribution in [0.4, 0.5) is 17.2 Å². The number of ether oxygens (including phenoxy) is 1. The van der Waals surface area contributed by atoms with Gasteiger partial charge in [0.1, 0.15) is 11.9 Å². The quantitative estimate of drug-likeness (QED) is 0.628. The summed E-state index contributed by atoms with van der Waals surface area (Å²) in [6, 6.07) is 3.22. The zero-order valence-electron chi connectivity index (χ0n) is 10.3. The highest BCUT2D eigenvalue weighted by Crippen LogP contribution is 2.24. The minimum Gasteiger partial charge on any atom is -0.383 e. The van der Waals surface area contributed by atoms with Crippen LogP contribution in [0.3, 0.4) is 0 Å². The van der Waals surface area contributed by atoms with Gasteiger partial charge < -0.3 is 20.2 Å². The summed E-state index contributed by atoms with van der Waals surface area (Å²) < 4.78 is 6.63. The first-order valence-electron chi connectivity index (χ1n) is 5.58. The molecule has 0 radical (unpaired) electrons. The smallest absolute Gasteiger partial charge is 0.383 e. The molecule has 0 saturated heterocycles. The predicted molar refractivity (Wildman–Crippen MR) is 68.3 cm³/mol. The number of nitrogens with one attached hydrogen (secondary N) is 1. The topological polar surface area (TPSA) is 95.1 Å². The zero-order chi connectivity index (χ0) is 13.7. The lowest BCUT2D eigenvalue weighted by molar-refractivity contribution is -0.388. The van der Waals surface area contributed by atoms with Crippen molar-refractivity contribution in [2.75, 3.05) is 19.0 Å². The van der Waals surface area contributed by atoms with Gasteiger partial charge in [-0.2, -0.15) is 5.10 Å². The van der Waals surface area contributed by atoms with Gasteiger partial charge in [0.15, 0.2) is 0 Å². The third kappa shape index (κ3) is 3.26. The number of nitrogens with zero attached hydrogens (tertiary/aromatic N) is 4. The Morgan fingerprint density at radius 2 is 2.42 bits per heavy atom. The van der Waals surface area contributed by atoms with E-state index in [0.29, 0.717) is 24.5 Å². The van der Waals surface area contributed by atoms with Crippen LogP contribution in [-0.4, -0.2) is 33.4 Å². The molecule has 0 aliphatic rings. The van der Waals surface area contributed by atoms with Crippen LogP contribution >= 0.6 is 0 Å². The number of methoxy groups -OCH3 is 1. The maximum atomic E-state index is 10.8. The standard InChI is InChI=1S/C11H13N5O3/c1-19-6-5-15-8-9(7-13-15)14-10-3-2-4-12-11(10)16(17)18/h2-4,7-8,14H,5-6H2,1H3. The molecule has 2 aromatic heterocycles. The van der Waals surface area contributed by atoms with Gasteiger partial charge in [0.25, 0.3) is 0 Å². The number of rotatable bonds is 6. The van der Waals surface area contributed by atoms with Gasteiger partial charge in [-0.15, -0.1) is 0 Å². The Morgan fingerprint density at radius 1 is 1.58 bits per heavy atom. The van der Waals surface area contributed by atoms with Crippen molar-refractivity contribution in [1.82, 2.24) is 14.8 Å². The van der Waals surface area contributed by atoms with E-state index in [1.165, 1.54) is 6.20 Å². The van der Waals surface area contributed by atoms with E-state index in [1.54, 1.807) is 36.3 Å². The Morgan fingerprint density at radius 3 is 3.16 bits per heavy atom. The average Bonchev–Trinajstić information content (AvgIpc) is 2.84. The van der Waals surface area contributed by atoms with Crippen molar-refractivity contribution < 1.29 is 9.66 Å². The van der Waals surface area contributed by atoms with Crippen molar-refractivity contribution >= 4 is 17.2 Å². The maximum absolute atomic E-state index is 10.8. The highest BCUT2D eigenvalue weighted by Gasteiger charge is 2.14. The summed E-state index contributed by atoms with van der Waals surface area (Å²) in [6.07, 6.45) is 4.72. The zero-order valence-corrected chi connectivity index (χ0v) is 10.3. The molecule has 100 valence electrons. The highest BCUT2D eigenvalue weighted by molar-refractivity contribution is 5.65. The van der Waals surface area contributed by atoms with E-state index in [2.05, 4.69) is 15.4 Å². The Hall–Kier alpha value is -2.48. The van der Waals surface area contributed by atoms with Crippen LogP contribution in [0.1, 0.15) is 0 Å².